The third kappa shape index (κ3) is 5.94. The van der Waals surface area contributed by atoms with Crippen molar-refractivity contribution in [3.05, 3.63) is 70.0 Å². The molecule has 3 aromatic rings. The average molecular weight is 488 g/mol. The fourth-order valence-electron chi connectivity index (χ4n) is 3.51. The lowest BCUT2D eigenvalue weighted by Gasteiger charge is -2.28. The second-order valence-electron chi connectivity index (χ2n) is 8.12. The number of carbonyl (C=O) groups excluding carboxylic acids is 1. The molecule has 7 nitrogen and oxygen atoms in total. The van der Waals surface area contributed by atoms with Crippen LogP contribution in [-0.4, -0.2) is 38.5 Å². The summed E-state index contributed by atoms with van der Waals surface area (Å²) in [6.45, 7) is 4.39. The van der Waals surface area contributed by atoms with Crippen LogP contribution in [0.25, 0.3) is 10.9 Å². The fourth-order valence-corrected chi connectivity index (χ4v) is 3.65. The summed E-state index contributed by atoms with van der Waals surface area (Å²) in [5.41, 5.74) is 2.16. The third-order valence-corrected chi connectivity index (χ3v) is 5.55. The van der Waals surface area contributed by atoms with Crippen molar-refractivity contribution in [1.82, 2.24) is 10.3 Å². The Kier molecular flexibility index (Phi) is 7.15. The summed E-state index contributed by atoms with van der Waals surface area (Å²) in [5.74, 6) is -0.137. The molecule has 1 amide bonds. The molecule has 5 N–H and O–H groups in total. The van der Waals surface area contributed by atoms with E-state index in [9.17, 15) is 19.8 Å². The number of amides is 1. The predicted octanol–water partition coefficient (Wildman–Crippen LogP) is 3.21. The monoisotopic (exact) mass is 487 g/mol. The quantitative estimate of drug-likeness (QED) is 0.313. The number of hydrogen-bond donors (Lipinski definition) is 5. The van der Waals surface area contributed by atoms with Crippen molar-refractivity contribution in [3.63, 3.8) is 0 Å². The number of aliphatic hydroxyl groups excluding tert-OH is 1. The van der Waals surface area contributed by atoms with Gasteiger partial charge in [0.1, 0.15) is 5.75 Å². The smallest absolute Gasteiger partial charge is 0.248 e. The number of hydrogen-bond acceptors (Lipinski definition) is 5. The van der Waals surface area contributed by atoms with E-state index in [1.165, 1.54) is 12.1 Å². The summed E-state index contributed by atoms with van der Waals surface area (Å²) < 4.78 is 0. The summed E-state index contributed by atoms with van der Waals surface area (Å²) >= 11 is 3.12. The van der Waals surface area contributed by atoms with Gasteiger partial charge in [-0.3, -0.25) is 9.59 Å². The molecule has 31 heavy (non-hydrogen) atoms. The number of aromatic amines is 1. The molecular formula is C23H26BrN3O4. The minimum atomic E-state index is -0.824. The molecular weight excluding hydrogens is 462 g/mol. The van der Waals surface area contributed by atoms with Crippen LogP contribution in [-0.2, 0) is 11.2 Å². The first-order chi connectivity index (χ1) is 14.7. The molecule has 1 aromatic heterocycles. The number of phenols is 1. The number of anilines is 1. The first-order valence-corrected chi connectivity index (χ1v) is 11.0. The van der Waals surface area contributed by atoms with Gasteiger partial charge in [0.05, 0.1) is 17.0 Å². The number of aromatic nitrogens is 1. The molecule has 0 aliphatic rings. The number of halogens is 1. The highest BCUT2D eigenvalue weighted by molar-refractivity contribution is 9.09. The number of alkyl halides is 1. The number of aliphatic hydroxyl groups is 1. The standard InChI is InChI=1S/C23H26BrN3O4/c1-23(2,11-14-3-5-15(6-4-14)26-21(31)12-24)25-13-19(29)16-7-9-18(28)22-17(16)8-10-20(30)27-22/h3-10,19,25,28-29H,11-13H2,1-2H3,(H,26,31)(H,27,30). The zero-order valence-corrected chi connectivity index (χ0v) is 19.0. The van der Waals surface area contributed by atoms with Gasteiger partial charge in [0.25, 0.3) is 0 Å². The molecule has 0 fully saturated rings. The van der Waals surface area contributed by atoms with E-state index < -0.39 is 6.10 Å². The minimum absolute atomic E-state index is 0.0345. The number of H-pyrrole nitrogens is 1. The number of carbonyl (C=O) groups is 1. The van der Waals surface area contributed by atoms with Gasteiger partial charge in [0, 0.05) is 29.2 Å². The van der Waals surface area contributed by atoms with E-state index in [1.54, 1.807) is 12.1 Å². The molecule has 2 aromatic carbocycles. The van der Waals surface area contributed by atoms with Crippen molar-refractivity contribution in [2.24, 2.45) is 0 Å². The van der Waals surface area contributed by atoms with Gasteiger partial charge in [-0.2, -0.15) is 0 Å². The molecule has 164 valence electrons. The van der Waals surface area contributed by atoms with Crippen molar-refractivity contribution in [2.75, 3.05) is 17.2 Å². The fraction of sp³-hybridized carbons (Fsp3) is 0.304. The summed E-state index contributed by atoms with van der Waals surface area (Å²) in [5, 5.41) is 27.8. The van der Waals surface area contributed by atoms with Crippen molar-refractivity contribution >= 4 is 38.4 Å². The summed E-state index contributed by atoms with van der Waals surface area (Å²) in [6.07, 6.45) is -0.106. The van der Waals surface area contributed by atoms with Gasteiger partial charge < -0.3 is 25.8 Å². The SMILES string of the molecule is CC(C)(Cc1ccc(NC(=O)CBr)cc1)NCC(O)c1ccc(O)c2[nH]c(=O)ccc12. The number of rotatable bonds is 8. The lowest BCUT2D eigenvalue weighted by Crippen LogP contribution is -2.43. The average Bonchev–Trinajstić information content (AvgIpc) is 2.74. The number of benzene rings is 2. The molecule has 1 unspecified atom stereocenters. The maximum absolute atomic E-state index is 11.6. The number of nitrogens with one attached hydrogen (secondary N) is 3. The molecule has 0 spiro atoms. The Hall–Kier alpha value is -2.68. The van der Waals surface area contributed by atoms with E-state index in [0.29, 0.717) is 23.0 Å². The van der Waals surface area contributed by atoms with Gasteiger partial charge in [0.2, 0.25) is 11.5 Å². The van der Waals surface area contributed by atoms with Crippen LogP contribution in [0.15, 0.2) is 53.3 Å². The van der Waals surface area contributed by atoms with Crippen molar-refractivity contribution in [2.45, 2.75) is 31.9 Å². The van der Waals surface area contributed by atoms with Crippen LogP contribution in [0.4, 0.5) is 5.69 Å². The maximum Gasteiger partial charge on any atom is 0.248 e. The van der Waals surface area contributed by atoms with Crippen molar-refractivity contribution in [1.29, 1.82) is 0 Å². The maximum atomic E-state index is 11.6. The molecule has 0 saturated carbocycles. The molecule has 0 bridgehead atoms. The Labute approximate surface area is 188 Å². The van der Waals surface area contributed by atoms with Gasteiger partial charge in [-0.1, -0.05) is 34.1 Å². The predicted molar refractivity (Wildman–Crippen MR) is 126 cm³/mol. The van der Waals surface area contributed by atoms with Gasteiger partial charge >= 0.3 is 0 Å². The second kappa shape index (κ2) is 9.64. The number of pyridine rings is 1. The Balaban J connectivity index is 1.66. The van der Waals surface area contributed by atoms with Crippen LogP contribution < -0.4 is 16.2 Å². The number of β-amino-alcohol motifs (C(OH)–C–C–N with tert-alkyl or cyclic N) is 1. The first kappa shape index (κ1) is 23.0. The first-order valence-electron chi connectivity index (χ1n) is 9.91. The topological polar surface area (TPSA) is 114 Å². The van der Waals surface area contributed by atoms with Gasteiger partial charge in [-0.05, 0) is 55.7 Å². The second-order valence-corrected chi connectivity index (χ2v) is 8.68. The van der Waals surface area contributed by atoms with E-state index >= 15 is 0 Å². The van der Waals surface area contributed by atoms with Crippen LogP contribution in [0.3, 0.4) is 0 Å². The lowest BCUT2D eigenvalue weighted by molar-refractivity contribution is -0.113. The molecule has 0 aliphatic heterocycles. The zero-order valence-electron chi connectivity index (χ0n) is 17.4. The van der Waals surface area contributed by atoms with Crippen LogP contribution in [0.2, 0.25) is 0 Å². The number of fused-ring (bicyclic) bond motifs is 1. The molecule has 0 saturated heterocycles. The third-order valence-electron chi connectivity index (χ3n) is 5.04. The Morgan fingerprint density at radius 2 is 1.84 bits per heavy atom. The van der Waals surface area contributed by atoms with Gasteiger partial charge in [-0.25, -0.2) is 0 Å². The summed E-state index contributed by atoms with van der Waals surface area (Å²) in [7, 11) is 0. The normalized spacial score (nSPS) is 12.6. The molecule has 0 radical (unpaired) electrons. The molecule has 0 aliphatic carbocycles. The highest BCUT2D eigenvalue weighted by atomic mass is 79.9. The highest BCUT2D eigenvalue weighted by Crippen LogP contribution is 2.29. The van der Waals surface area contributed by atoms with Crippen molar-refractivity contribution in [3.8, 4) is 5.75 Å². The molecule has 1 heterocycles. The minimum Gasteiger partial charge on any atom is -0.506 e. The molecule has 3 rings (SSSR count). The highest BCUT2D eigenvalue weighted by Gasteiger charge is 2.21. The number of aromatic hydroxyl groups is 1. The lowest BCUT2D eigenvalue weighted by atomic mass is 9.94. The van der Waals surface area contributed by atoms with Crippen LogP contribution >= 0.6 is 15.9 Å². The zero-order chi connectivity index (χ0) is 22.6. The van der Waals surface area contributed by atoms with Crippen LogP contribution in [0, 0.1) is 0 Å². The van der Waals surface area contributed by atoms with E-state index in [0.717, 1.165) is 17.7 Å². The Bertz CT molecular complexity index is 1130. The Morgan fingerprint density at radius 1 is 1.13 bits per heavy atom. The number of phenolic OH excluding ortho intramolecular Hbond substituents is 1. The van der Waals surface area contributed by atoms with Gasteiger partial charge in [0.15, 0.2) is 0 Å². The largest absolute Gasteiger partial charge is 0.506 e. The van der Waals surface area contributed by atoms with Crippen LogP contribution in [0.5, 0.6) is 5.75 Å². The van der Waals surface area contributed by atoms with Crippen molar-refractivity contribution < 1.29 is 15.0 Å². The van der Waals surface area contributed by atoms with E-state index in [1.807, 2.05) is 38.1 Å². The van der Waals surface area contributed by atoms with E-state index in [4.69, 9.17) is 0 Å². The van der Waals surface area contributed by atoms with E-state index in [-0.39, 0.29) is 28.1 Å². The molecule has 1 atom stereocenters. The Morgan fingerprint density at radius 3 is 2.52 bits per heavy atom. The summed E-state index contributed by atoms with van der Waals surface area (Å²) in [4.78, 5) is 25.6. The molecule has 8 heteroatoms. The van der Waals surface area contributed by atoms with Gasteiger partial charge in [-0.15, -0.1) is 0 Å². The summed E-state index contributed by atoms with van der Waals surface area (Å²) in [6, 6.07) is 13.8. The van der Waals surface area contributed by atoms with Crippen LogP contribution in [0.1, 0.15) is 31.1 Å². The van der Waals surface area contributed by atoms with E-state index in [2.05, 4.69) is 31.5 Å².